The van der Waals surface area contributed by atoms with Crippen LogP contribution in [0.1, 0.15) is 90.9 Å². The maximum absolute atomic E-state index is 10.9. The lowest BCUT2D eigenvalue weighted by atomic mass is 10.0. The van der Waals surface area contributed by atoms with Crippen LogP contribution in [0.2, 0.25) is 0 Å². The van der Waals surface area contributed by atoms with E-state index >= 15 is 0 Å². The predicted octanol–water partition coefficient (Wildman–Crippen LogP) is 4.60. The number of Topliss-reactive ketones (excluding diaryl/α,β-unsaturated/α-hetero) is 1. The molecular weight excluding hydrogens is 222 g/mol. The Labute approximate surface area is 114 Å². The van der Waals surface area contributed by atoms with Crippen molar-refractivity contribution in [3.05, 3.63) is 0 Å². The van der Waals surface area contributed by atoms with E-state index in [1.807, 2.05) is 0 Å². The molecule has 0 amide bonds. The van der Waals surface area contributed by atoms with Gasteiger partial charge in [-0.2, -0.15) is 0 Å². The fourth-order valence-corrected chi connectivity index (χ4v) is 2.37. The van der Waals surface area contributed by atoms with Crippen molar-refractivity contribution in [1.82, 2.24) is 0 Å². The van der Waals surface area contributed by atoms with E-state index in [4.69, 9.17) is 5.73 Å². The number of rotatable bonds is 13. The van der Waals surface area contributed by atoms with Crippen LogP contribution in [0.5, 0.6) is 0 Å². The average Bonchev–Trinajstić information content (AvgIpc) is 2.30. The third kappa shape index (κ3) is 13.7. The lowest BCUT2D eigenvalue weighted by molar-refractivity contribution is -0.117. The molecule has 0 aliphatic carbocycles. The Morgan fingerprint density at radius 2 is 1.33 bits per heavy atom. The Balaban J connectivity index is 3.09. The first-order valence-electron chi connectivity index (χ1n) is 7.91. The van der Waals surface area contributed by atoms with E-state index in [2.05, 4.69) is 6.92 Å². The van der Waals surface area contributed by atoms with E-state index in [9.17, 15) is 4.79 Å². The molecule has 0 aromatic rings. The molecule has 0 fully saturated rings. The first-order valence-corrected chi connectivity index (χ1v) is 7.91. The maximum Gasteiger partial charge on any atom is 0.131 e. The molecule has 0 aromatic heterocycles. The molecule has 0 aromatic carbocycles. The van der Waals surface area contributed by atoms with Gasteiger partial charge in [0.15, 0.2) is 0 Å². The second kappa shape index (κ2) is 13.1. The SMILES string of the molecule is CCCCCCCCCCCCC(N)CC(C)=O. The summed E-state index contributed by atoms with van der Waals surface area (Å²) in [6.07, 6.45) is 15.1. The Hall–Kier alpha value is -0.370. The monoisotopic (exact) mass is 255 g/mol. The molecule has 108 valence electrons. The highest BCUT2D eigenvalue weighted by molar-refractivity contribution is 5.76. The summed E-state index contributed by atoms with van der Waals surface area (Å²) < 4.78 is 0. The molecular formula is C16H33NO. The molecule has 0 aliphatic rings. The zero-order chi connectivity index (χ0) is 13.6. The van der Waals surface area contributed by atoms with Gasteiger partial charge >= 0.3 is 0 Å². The molecule has 0 saturated carbocycles. The summed E-state index contributed by atoms with van der Waals surface area (Å²) in [6.45, 7) is 3.88. The number of unbranched alkanes of at least 4 members (excludes halogenated alkanes) is 9. The van der Waals surface area contributed by atoms with Gasteiger partial charge in [0.2, 0.25) is 0 Å². The van der Waals surface area contributed by atoms with Crippen LogP contribution >= 0.6 is 0 Å². The van der Waals surface area contributed by atoms with Gasteiger partial charge in [-0.3, -0.25) is 4.79 Å². The Morgan fingerprint density at radius 1 is 0.889 bits per heavy atom. The van der Waals surface area contributed by atoms with Crippen LogP contribution < -0.4 is 5.73 Å². The molecule has 2 heteroatoms. The van der Waals surface area contributed by atoms with E-state index in [-0.39, 0.29) is 11.8 Å². The summed E-state index contributed by atoms with van der Waals surface area (Å²) in [5.74, 6) is 0.217. The summed E-state index contributed by atoms with van der Waals surface area (Å²) in [6, 6.07) is 0.0940. The van der Waals surface area contributed by atoms with Crippen molar-refractivity contribution in [3.63, 3.8) is 0 Å². The largest absolute Gasteiger partial charge is 0.327 e. The van der Waals surface area contributed by atoms with Gasteiger partial charge in [-0.1, -0.05) is 71.1 Å². The van der Waals surface area contributed by atoms with E-state index in [1.165, 1.54) is 64.2 Å². The fourth-order valence-electron chi connectivity index (χ4n) is 2.37. The first kappa shape index (κ1) is 17.6. The highest BCUT2D eigenvalue weighted by Gasteiger charge is 2.04. The van der Waals surface area contributed by atoms with Crippen molar-refractivity contribution in [2.75, 3.05) is 0 Å². The standard InChI is InChI=1S/C16H33NO/c1-3-4-5-6-7-8-9-10-11-12-13-16(17)14-15(2)18/h16H,3-14,17H2,1-2H3. The van der Waals surface area contributed by atoms with Crippen molar-refractivity contribution in [1.29, 1.82) is 0 Å². The van der Waals surface area contributed by atoms with Crippen molar-refractivity contribution < 1.29 is 4.79 Å². The molecule has 0 radical (unpaired) electrons. The smallest absolute Gasteiger partial charge is 0.131 e. The molecule has 18 heavy (non-hydrogen) atoms. The number of hydrogen-bond donors (Lipinski definition) is 1. The summed E-state index contributed by atoms with van der Waals surface area (Å²) in [5, 5.41) is 0. The molecule has 0 bridgehead atoms. The van der Waals surface area contributed by atoms with E-state index < -0.39 is 0 Å². The molecule has 2 nitrogen and oxygen atoms in total. The summed E-state index contributed by atoms with van der Waals surface area (Å²) in [5.41, 5.74) is 5.86. The van der Waals surface area contributed by atoms with E-state index in [1.54, 1.807) is 6.92 Å². The van der Waals surface area contributed by atoms with Crippen LogP contribution in [0.25, 0.3) is 0 Å². The third-order valence-electron chi connectivity index (χ3n) is 3.48. The van der Waals surface area contributed by atoms with Crippen molar-refractivity contribution in [2.45, 2.75) is 96.9 Å². The second-order valence-electron chi connectivity index (χ2n) is 5.64. The normalized spacial score (nSPS) is 12.6. The van der Waals surface area contributed by atoms with Gasteiger partial charge in [0.05, 0.1) is 0 Å². The summed E-state index contributed by atoms with van der Waals surface area (Å²) in [7, 11) is 0. The lowest BCUT2D eigenvalue weighted by Crippen LogP contribution is -2.22. The number of hydrogen-bond acceptors (Lipinski definition) is 2. The molecule has 0 rings (SSSR count). The van der Waals surface area contributed by atoms with Gasteiger partial charge in [-0.25, -0.2) is 0 Å². The number of ketones is 1. The Bertz CT molecular complexity index is 192. The zero-order valence-electron chi connectivity index (χ0n) is 12.5. The molecule has 0 spiro atoms. The summed E-state index contributed by atoms with van der Waals surface area (Å²) >= 11 is 0. The Morgan fingerprint density at radius 3 is 1.78 bits per heavy atom. The van der Waals surface area contributed by atoms with Crippen LogP contribution in [-0.4, -0.2) is 11.8 Å². The maximum atomic E-state index is 10.9. The van der Waals surface area contributed by atoms with E-state index in [0.717, 1.165) is 6.42 Å². The highest BCUT2D eigenvalue weighted by Crippen LogP contribution is 2.12. The lowest BCUT2D eigenvalue weighted by Gasteiger charge is -2.08. The molecule has 0 aliphatic heterocycles. The number of carbonyl (C=O) groups excluding carboxylic acids is 1. The molecule has 1 unspecified atom stereocenters. The second-order valence-corrected chi connectivity index (χ2v) is 5.64. The molecule has 2 N–H and O–H groups in total. The van der Waals surface area contributed by atoms with Crippen molar-refractivity contribution >= 4 is 5.78 Å². The Kier molecular flexibility index (Phi) is 12.8. The molecule has 0 saturated heterocycles. The van der Waals surface area contributed by atoms with Crippen LogP contribution in [-0.2, 0) is 4.79 Å². The quantitative estimate of drug-likeness (QED) is 0.489. The zero-order valence-corrected chi connectivity index (χ0v) is 12.5. The van der Waals surface area contributed by atoms with Gasteiger partial charge in [0.1, 0.15) is 5.78 Å². The first-order chi connectivity index (χ1) is 8.66. The van der Waals surface area contributed by atoms with Crippen LogP contribution in [0.15, 0.2) is 0 Å². The third-order valence-corrected chi connectivity index (χ3v) is 3.48. The van der Waals surface area contributed by atoms with Crippen LogP contribution in [0.3, 0.4) is 0 Å². The average molecular weight is 255 g/mol. The molecule has 0 heterocycles. The van der Waals surface area contributed by atoms with Crippen LogP contribution in [0, 0.1) is 0 Å². The van der Waals surface area contributed by atoms with Gasteiger partial charge in [0, 0.05) is 12.5 Å². The van der Waals surface area contributed by atoms with Gasteiger partial charge in [0.25, 0.3) is 0 Å². The van der Waals surface area contributed by atoms with Gasteiger partial charge < -0.3 is 5.73 Å². The fraction of sp³-hybridized carbons (Fsp3) is 0.938. The van der Waals surface area contributed by atoms with E-state index in [0.29, 0.717) is 6.42 Å². The highest BCUT2D eigenvalue weighted by atomic mass is 16.1. The predicted molar refractivity (Wildman–Crippen MR) is 79.7 cm³/mol. The van der Waals surface area contributed by atoms with Crippen molar-refractivity contribution in [3.8, 4) is 0 Å². The molecule has 1 atom stereocenters. The van der Waals surface area contributed by atoms with Crippen molar-refractivity contribution in [2.24, 2.45) is 5.73 Å². The minimum Gasteiger partial charge on any atom is -0.327 e. The number of nitrogens with two attached hydrogens (primary N) is 1. The van der Waals surface area contributed by atoms with Crippen LogP contribution in [0.4, 0.5) is 0 Å². The number of carbonyl (C=O) groups is 1. The van der Waals surface area contributed by atoms with Gasteiger partial charge in [-0.05, 0) is 13.3 Å². The topological polar surface area (TPSA) is 43.1 Å². The summed E-state index contributed by atoms with van der Waals surface area (Å²) in [4.78, 5) is 10.9. The van der Waals surface area contributed by atoms with Gasteiger partial charge in [-0.15, -0.1) is 0 Å². The minimum absolute atomic E-state index is 0.0940. The minimum atomic E-state index is 0.0940.